The van der Waals surface area contributed by atoms with Gasteiger partial charge in [0.05, 0.1) is 16.5 Å². The third-order valence-electron chi connectivity index (χ3n) is 4.56. The molecule has 0 bridgehead atoms. The highest BCUT2D eigenvalue weighted by molar-refractivity contribution is 9.10. The number of benzene rings is 3. The Bertz CT molecular complexity index is 1390. The van der Waals surface area contributed by atoms with Crippen molar-refractivity contribution in [1.29, 1.82) is 0 Å². The van der Waals surface area contributed by atoms with E-state index in [1.807, 2.05) is 0 Å². The Hall–Kier alpha value is -3.46. The summed E-state index contributed by atoms with van der Waals surface area (Å²) in [6.07, 6.45) is -4.96. The lowest BCUT2D eigenvalue weighted by Crippen LogP contribution is -2.16. The molecule has 9 heteroatoms. The zero-order valence-corrected chi connectivity index (χ0v) is 17.5. The lowest BCUT2D eigenvalue weighted by Gasteiger charge is -2.13. The molecule has 0 aliphatic carbocycles. The van der Waals surface area contributed by atoms with Gasteiger partial charge in [0, 0.05) is 10.5 Å². The van der Waals surface area contributed by atoms with E-state index in [0.29, 0.717) is 4.47 Å². The fourth-order valence-corrected chi connectivity index (χ4v) is 3.37. The lowest BCUT2D eigenvalue weighted by atomic mass is 10.0. The van der Waals surface area contributed by atoms with Crippen LogP contribution >= 0.6 is 15.9 Å². The Morgan fingerprint density at radius 2 is 1.66 bits per heavy atom. The molecule has 0 amide bonds. The standard InChI is InChI=1S/C23H11BrF4O4/c24-13-7-5-12(6-8-13)19-20(29)16-10-9-14(11-18(16)32-21(19)23(26,27)28)31-22(30)15-3-1-2-4-17(15)25/h1-11H. The summed E-state index contributed by atoms with van der Waals surface area (Å²) in [6, 6.07) is 14.2. The monoisotopic (exact) mass is 506 g/mol. The molecule has 0 radical (unpaired) electrons. The molecule has 1 aromatic heterocycles. The highest BCUT2D eigenvalue weighted by Crippen LogP contribution is 2.38. The topological polar surface area (TPSA) is 56.5 Å². The molecule has 0 fully saturated rings. The summed E-state index contributed by atoms with van der Waals surface area (Å²) in [6.45, 7) is 0. The zero-order valence-electron chi connectivity index (χ0n) is 15.9. The number of ether oxygens (including phenoxy) is 1. The van der Waals surface area contributed by atoms with Gasteiger partial charge in [-0.05, 0) is 42.0 Å². The Morgan fingerprint density at radius 3 is 2.31 bits per heavy atom. The maximum absolute atomic E-state index is 13.8. The van der Waals surface area contributed by atoms with E-state index in [-0.39, 0.29) is 22.3 Å². The highest BCUT2D eigenvalue weighted by Gasteiger charge is 2.39. The van der Waals surface area contributed by atoms with E-state index in [9.17, 15) is 27.2 Å². The number of rotatable bonds is 3. The van der Waals surface area contributed by atoms with Gasteiger partial charge in [-0.1, -0.05) is 40.2 Å². The van der Waals surface area contributed by atoms with E-state index in [2.05, 4.69) is 15.9 Å². The van der Waals surface area contributed by atoms with E-state index in [4.69, 9.17) is 9.15 Å². The van der Waals surface area contributed by atoms with Crippen LogP contribution in [-0.4, -0.2) is 5.97 Å². The number of halogens is 5. The predicted octanol–water partition coefficient (Wildman–Crippen LogP) is 6.60. The molecule has 1 heterocycles. The van der Waals surface area contributed by atoms with Crippen molar-refractivity contribution in [3.63, 3.8) is 0 Å². The van der Waals surface area contributed by atoms with Gasteiger partial charge >= 0.3 is 12.1 Å². The number of esters is 1. The van der Waals surface area contributed by atoms with E-state index < -0.39 is 40.3 Å². The second-order valence-corrected chi connectivity index (χ2v) is 7.58. The minimum atomic E-state index is -4.96. The zero-order chi connectivity index (χ0) is 23.0. The van der Waals surface area contributed by atoms with Crippen molar-refractivity contribution in [2.45, 2.75) is 6.18 Å². The van der Waals surface area contributed by atoms with Gasteiger partial charge < -0.3 is 9.15 Å². The Labute approximate surface area is 186 Å². The van der Waals surface area contributed by atoms with Crippen molar-refractivity contribution in [3.8, 4) is 16.9 Å². The number of hydrogen-bond donors (Lipinski definition) is 0. The van der Waals surface area contributed by atoms with Crippen molar-refractivity contribution in [2.24, 2.45) is 0 Å². The SMILES string of the molecule is O=C(Oc1ccc2c(=O)c(-c3ccc(Br)cc3)c(C(F)(F)F)oc2c1)c1ccccc1F. The van der Waals surface area contributed by atoms with Crippen LogP contribution in [0.15, 0.2) is 80.4 Å². The predicted molar refractivity (Wildman–Crippen MR) is 112 cm³/mol. The Balaban J connectivity index is 1.83. The van der Waals surface area contributed by atoms with E-state index in [1.165, 1.54) is 54.6 Å². The molecule has 0 atom stereocenters. The molecule has 0 aliphatic rings. The second-order valence-electron chi connectivity index (χ2n) is 6.67. The van der Waals surface area contributed by atoms with E-state index >= 15 is 0 Å². The molecule has 4 rings (SSSR count). The van der Waals surface area contributed by atoms with Gasteiger partial charge in [-0.2, -0.15) is 13.2 Å². The minimum Gasteiger partial charge on any atom is -0.450 e. The Morgan fingerprint density at radius 1 is 0.969 bits per heavy atom. The van der Waals surface area contributed by atoms with Crippen LogP contribution in [0.1, 0.15) is 16.1 Å². The molecule has 0 spiro atoms. The maximum atomic E-state index is 13.8. The average molecular weight is 507 g/mol. The smallest absolute Gasteiger partial charge is 0.450 e. The molecule has 0 aliphatic heterocycles. The molecule has 0 N–H and O–H groups in total. The molecule has 32 heavy (non-hydrogen) atoms. The largest absolute Gasteiger partial charge is 0.450 e. The summed E-state index contributed by atoms with van der Waals surface area (Å²) in [7, 11) is 0. The molecular formula is C23H11BrF4O4. The number of hydrogen-bond acceptors (Lipinski definition) is 4. The van der Waals surface area contributed by atoms with Crippen LogP contribution in [0.2, 0.25) is 0 Å². The van der Waals surface area contributed by atoms with Crippen LogP contribution in [-0.2, 0) is 6.18 Å². The normalized spacial score (nSPS) is 11.5. The number of carbonyl (C=O) groups is 1. The van der Waals surface area contributed by atoms with E-state index in [0.717, 1.165) is 12.1 Å². The van der Waals surface area contributed by atoms with Crippen LogP contribution in [0.25, 0.3) is 22.1 Å². The first-order valence-corrected chi connectivity index (χ1v) is 9.85. The van der Waals surface area contributed by atoms with Gasteiger partial charge in [-0.3, -0.25) is 4.79 Å². The Kier molecular flexibility index (Phi) is 5.60. The molecule has 4 aromatic rings. The summed E-state index contributed by atoms with van der Waals surface area (Å²) in [5.41, 5.74) is -2.27. The fourth-order valence-electron chi connectivity index (χ4n) is 3.10. The van der Waals surface area contributed by atoms with Gasteiger partial charge in [0.15, 0.2) is 0 Å². The van der Waals surface area contributed by atoms with Crippen molar-refractivity contribution >= 4 is 32.9 Å². The minimum absolute atomic E-state index is 0.0335. The van der Waals surface area contributed by atoms with Crippen molar-refractivity contribution in [1.82, 2.24) is 0 Å². The molecular weight excluding hydrogens is 496 g/mol. The molecule has 0 saturated carbocycles. The average Bonchev–Trinajstić information content (AvgIpc) is 2.74. The van der Waals surface area contributed by atoms with Gasteiger partial charge in [-0.25, -0.2) is 9.18 Å². The first-order chi connectivity index (χ1) is 15.1. The summed E-state index contributed by atoms with van der Waals surface area (Å²) in [5.74, 6) is -3.55. The molecule has 0 unspecified atom stereocenters. The summed E-state index contributed by atoms with van der Waals surface area (Å²) < 4.78 is 65.7. The number of alkyl halides is 3. The van der Waals surface area contributed by atoms with Crippen LogP contribution in [0.5, 0.6) is 5.75 Å². The van der Waals surface area contributed by atoms with Crippen LogP contribution in [0.4, 0.5) is 17.6 Å². The van der Waals surface area contributed by atoms with Gasteiger partial charge in [0.1, 0.15) is 17.1 Å². The van der Waals surface area contributed by atoms with E-state index in [1.54, 1.807) is 0 Å². The first kappa shape index (κ1) is 21.8. The van der Waals surface area contributed by atoms with Crippen molar-refractivity contribution < 1.29 is 31.5 Å². The van der Waals surface area contributed by atoms with Crippen LogP contribution in [0, 0.1) is 5.82 Å². The maximum Gasteiger partial charge on any atom is 0.450 e. The van der Waals surface area contributed by atoms with Crippen LogP contribution in [0.3, 0.4) is 0 Å². The second kappa shape index (κ2) is 8.23. The van der Waals surface area contributed by atoms with Gasteiger partial charge in [0.2, 0.25) is 11.2 Å². The number of carbonyl (C=O) groups excluding carboxylic acids is 1. The van der Waals surface area contributed by atoms with Gasteiger partial charge in [0.25, 0.3) is 0 Å². The van der Waals surface area contributed by atoms with Crippen molar-refractivity contribution in [3.05, 3.63) is 98.6 Å². The van der Waals surface area contributed by atoms with Crippen LogP contribution < -0.4 is 10.2 Å². The number of fused-ring (bicyclic) bond motifs is 1. The summed E-state index contributed by atoms with van der Waals surface area (Å²) in [5, 5.41) is -0.137. The summed E-state index contributed by atoms with van der Waals surface area (Å²) in [4.78, 5) is 25.1. The summed E-state index contributed by atoms with van der Waals surface area (Å²) >= 11 is 3.19. The lowest BCUT2D eigenvalue weighted by molar-refractivity contribution is -0.152. The highest BCUT2D eigenvalue weighted by atomic mass is 79.9. The molecule has 162 valence electrons. The van der Waals surface area contributed by atoms with Gasteiger partial charge in [-0.15, -0.1) is 0 Å². The fraction of sp³-hybridized carbons (Fsp3) is 0.0435. The third kappa shape index (κ3) is 4.16. The first-order valence-electron chi connectivity index (χ1n) is 9.06. The third-order valence-corrected chi connectivity index (χ3v) is 5.09. The molecule has 0 saturated heterocycles. The van der Waals surface area contributed by atoms with Crippen molar-refractivity contribution in [2.75, 3.05) is 0 Å². The molecule has 4 nitrogen and oxygen atoms in total. The quantitative estimate of drug-likeness (QED) is 0.178. The molecule has 3 aromatic carbocycles.